The molecule has 0 saturated carbocycles. The summed E-state index contributed by atoms with van der Waals surface area (Å²) in [5.74, 6) is 0.969. The van der Waals surface area contributed by atoms with Crippen molar-refractivity contribution >= 4 is 45.9 Å². The van der Waals surface area contributed by atoms with Gasteiger partial charge >= 0.3 is 0 Å². The largest absolute Gasteiger partial charge is 0.394 e. The maximum absolute atomic E-state index is 9.44. The zero-order chi connectivity index (χ0) is 12.5. The average Bonchev–Trinajstić information content (AvgIpc) is 2.85. The van der Waals surface area contributed by atoms with Crippen molar-refractivity contribution in [1.82, 2.24) is 20.3 Å². The lowest BCUT2D eigenvalue weighted by molar-refractivity contribution is 0.246. The van der Waals surface area contributed by atoms with E-state index in [4.69, 9.17) is 5.73 Å². The number of nitrogens with two attached hydrogens (primary N) is 1. The number of hydrogen-bond donors (Lipinski definition) is 3. The van der Waals surface area contributed by atoms with Gasteiger partial charge in [-0.15, -0.1) is 23.7 Å². The number of anilines is 2. The third-order valence-corrected chi connectivity index (χ3v) is 3.75. The van der Waals surface area contributed by atoms with Gasteiger partial charge in [-0.3, -0.25) is 0 Å². The van der Waals surface area contributed by atoms with Gasteiger partial charge in [-0.2, -0.15) is 4.98 Å². The van der Waals surface area contributed by atoms with Gasteiger partial charge in [-0.1, -0.05) is 0 Å². The van der Waals surface area contributed by atoms with Gasteiger partial charge in [0.25, 0.3) is 0 Å². The van der Waals surface area contributed by atoms with Crippen molar-refractivity contribution in [3.63, 3.8) is 0 Å². The summed E-state index contributed by atoms with van der Waals surface area (Å²) in [5, 5.41) is 12.7. The summed E-state index contributed by atoms with van der Waals surface area (Å²) in [5.41, 5.74) is 8.22. The standard InChI is InChI=1S/C10H14N6OS.ClH/c11-10-14-8(7-9(15-10)18-5-13-7)16-2-1-12-3-6(16)4-17;/h5-6,12,17H,1-4H2,(H2,11,14,15);1H/t6-;/m1./s1. The molecule has 0 bridgehead atoms. The zero-order valence-electron chi connectivity index (χ0n) is 10.1. The van der Waals surface area contributed by atoms with Gasteiger partial charge in [-0.05, 0) is 0 Å². The number of aliphatic hydroxyl groups is 1. The lowest BCUT2D eigenvalue weighted by atomic mass is 10.2. The Morgan fingerprint density at radius 2 is 2.37 bits per heavy atom. The van der Waals surface area contributed by atoms with Crippen molar-refractivity contribution in [3.8, 4) is 0 Å². The maximum atomic E-state index is 9.44. The second kappa shape index (κ2) is 5.83. The zero-order valence-corrected chi connectivity index (χ0v) is 11.7. The molecule has 2 aromatic rings. The number of aromatic nitrogens is 3. The molecule has 0 spiro atoms. The van der Waals surface area contributed by atoms with Crippen LogP contribution in [0.5, 0.6) is 0 Å². The lowest BCUT2D eigenvalue weighted by Crippen LogP contribution is -2.53. The highest BCUT2D eigenvalue weighted by atomic mass is 35.5. The van der Waals surface area contributed by atoms with Crippen LogP contribution in [0, 0.1) is 0 Å². The smallest absolute Gasteiger partial charge is 0.223 e. The number of fused-ring (bicyclic) bond motifs is 1. The van der Waals surface area contributed by atoms with E-state index in [9.17, 15) is 5.11 Å². The second-order valence-corrected chi connectivity index (χ2v) is 4.98. The Balaban J connectivity index is 0.00000133. The fourth-order valence-electron chi connectivity index (χ4n) is 2.17. The average molecular weight is 303 g/mol. The quantitative estimate of drug-likeness (QED) is 0.710. The molecule has 0 amide bonds. The van der Waals surface area contributed by atoms with Gasteiger partial charge in [0, 0.05) is 19.6 Å². The third-order valence-electron chi connectivity index (χ3n) is 3.03. The molecular formula is C10H15ClN6OS. The summed E-state index contributed by atoms with van der Waals surface area (Å²) in [4.78, 5) is 15.6. The van der Waals surface area contributed by atoms with Crippen molar-refractivity contribution in [3.05, 3.63) is 5.51 Å². The normalized spacial score (nSPS) is 19.4. The van der Waals surface area contributed by atoms with E-state index in [1.807, 2.05) is 0 Å². The van der Waals surface area contributed by atoms with Crippen LogP contribution in [0.25, 0.3) is 10.3 Å². The summed E-state index contributed by atoms with van der Waals surface area (Å²) in [7, 11) is 0. The first-order valence-electron chi connectivity index (χ1n) is 5.74. The summed E-state index contributed by atoms with van der Waals surface area (Å²) in [6, 6.07) is -0.00190. The van der Waals surface area contributed by atoms with Crippen molar-refractivity contribution in [1.29, 1.82) is 0 Å². The SMILES string of the molecule is Cl.Nc1nc(N2CCNC[C@@H]2CO)c2ncsc2n1. The van der Waals surface area contributed by atoms with Gasteiger partial charge in [-0.25, -0.2) is 9.97 Å². The summed E-state index contributed by atoms with van der Waals surface area (Å²) in [6.07, 6.45) is 0. The number of halogens is 1. The van der Waals surface area contributed by atoms with Crippen LogP contribution in [-0.2, 0) is 0 Å². The van der Waals surface area contributed by atoms with Gasteiger partial charge in [0.05, 0.1) is 18.2 Å². The van der Waals surface area contributed by atoms with E-state index < -0.39 is 0 Å². The summed E-state index contributed by atoms with van der Waals surface area (Å²) < 4.78 is 0. The highest BCUT2D eigenvalue weighted by Gasteiger charge is 2.25. The van der Waals surface area contributed by atoms with E-state index in [1.54, 1.807) is 5.51 Å². The first-order chi connectivity index (χ1) is 8.79. The predicted octanol–water partition coefficient (Wildman–Crippen LogP) is -0.139. The molecule has 2 aromatic heterocycles. The second-order valence-electron chi connectivity index (χ2n) is 4.15. The van der Waals surface area contributed by atoms with Crippen molar-refractivity contribution in [2.75, 3.05) is 36.9 Å². The van der Waals surface area contributed by atoms with E-state index in [0.29, 0.717) is 0 Å². The van der Waals surface area contributed by atoms with Crippen molar-refractivity contribution in [2.24, 2.45) is 0 Å². The van der Waals surface area contributed by atoms with Crippen LogP contribution in [0.3, 0.4) is 0 Å². The number of thiazole rings is 1. The number of nitrogens with one attached hydrogen (secondary N) is 1. The fraction of sp³-hybridized carbons (Fsp3) is 0.500. The topological polar surface area (TPSA) is 100 Å². The minimum absolute atomic E-state index is 0. The summed E-state index contributed by atoms with van der Waals surface area (Å²) in [6.45, 7) is 2.43. The molecule has 104 valence electrons. The molecule has 3 rings (SSSR count). The van der Waals surface area contributed by atoms with Crippen LogP contribution in [-0.4, -0.2) is 52.3 Å². The molecule has 0 aliphatic carbocycles. The Morgan fingerprint density at radius 1 is 1.53 bits per heavy atom. The minimum atomic E-state index is -0.00190. The monoisotopic (exact) mass is 302 g/mol. The van der Waals surface area contributed by atoms with E-state index in [2.05, 4.69) is 25.2 Å². The van der Waals surface area contributed by atoms with Gasteiger partial charge in [0.15, 0.2) is 10.6 Å². The van der Waals surface area contributed by atoms with Crippen LogP contribution in [0.2, 0.25) is 0 Å². The Morgan fingerprint density at radius 3 is 3.16 bits per heavy atom. The van der Waals surface area contributed by atoms with Crippen molar-refractivity contribution < 1.29 is 5.11 Å². The molecule has 4 N–H and O–H groups in total. The number of piperazine rings is 1. The molecule has 9 heteroatoms. The molecule has 1 aliphatic heterocycles. The Bertz CT molecular complexity index is 564. The maximum Gasteiger partial charge on any atom is 0.223 e. The van der Waals surface area contributed by atoms with Crippen LogP contribution in [0.15, 0.2) is 5.51 Å². The molecule has 1 saturated heterocycles. The number of aliphatic hydroxyl groups excluding tert-OH is 1. The number of nitrogen functional groups attached to an aromatic ring is 1. The van der Waals surface area contributed by atoms with Crippen LogP contribution in [0.4, 0.5) is 11.8 Å². The lowest BCUT2D eigenvalue weighted by Gasteiger charge is -2.36. The Hall–Kier alpha value is -1.22. The molecule has 1 aliphatic rings. The predicted molar refractivity (Wildman–Crippen MR) is 78.0 cm³/mol. The molecule has 3 heterocycles. The number of rotatable bonds is 2. The van der Waals surface area contributed by atoms with E-state index >= 15 is 0 Å². The van der Waals surface area contributed by atoms with E-state index in [0.717, 1.165) is 35.8 Å². The molecule has 0 unspecified atom stereocenters. The molecule has 0 aromatic carbocycles. The Kier molecular flexibility index (Phi) is 4.35. The Labute approximate surface area is 120 Å². The molecule has 1 atom stereocenters. The molecule has 19 heavy (non-hydrogen) atoms. The third kappa shape index (κ3) is 2.57. The van der Waals surface area contributed by atoms with Gasteiger partial charge < -0.3 is 21.1 Å². The van der Waals surface area contributed by atoms with Crippen molar-refractivity contribution in [2.45, 2.75) is 6.04 Å². The first-order valence-corrected chi connectivity index (χ1v) is 6.62. The number of nitrogens with zero attached hydrogens (tertiary/aromatic N) is 4. The molecule has 0 radical (unpaired) electrons. The van der Waals surface area contributed by atoms with Crippen LogP contribution < -0.4 is 16.0 Å². The minimum Gasteiger partial charge on any atom is -0.394 e. The first kappa shape index (κ1) is 14.2. The molecule has 7 nitrogen and oxygen atoms in total. The van der Waals surface area contributed by atoms with E-state index in [1.165, 1.54) is 11.3 Å². The number of hydrogen-bond acceptors (Lipinski definition) is 8. The highest BCUT2D eigenvalue weighted by molar-refractivity contribution is 7.16. The molecular weight excluding hydrogens is 288 g/mol. The van der Waals surface area contributed by atoms with Gasteiger partial charge in [0.2, 0.25) is 5.95 Å². The van der Waals surface area contributed by atoms with Crippen LogP contribution in [0.1, 0.15) is 0 Å². The highest BCUT2D eigenvalue weighted by Crippen LogP contribution is 2.27. The van der Waals surface area contributed by atoms with Gasteiger partial charge in [0.1, 0.15) is 5.52 Å². The molecule has 1 fully saturated rings. The summed E-state index contributed by atoms with van der Waals surface area (Å²) >= 11 is 1.44. The fourth-order valence-corrected chi connectivity index (χ4v) is 2.83. The van der Waals surface area contributed by atoms with Crippen LogP contribution >= 0.6 is 23.7 Å². The van der Waals surface area contributed by atoms with E-state index in [-0.39, 0.29) is 31.0 Å².